The summed E-state index contributed by atoms with van der Waals surface area (Å²) in [7, 11) is 3.72. The lowest BCUT2D eigenvalue weighted by atomic mass is 10.0. The summed E-state index contributed by atoms with van der Waals surface area (Å²) in [5, 5.41) is 3.31. The third-order valence-electron chi connectivity index (χ3n) is 2.91. The second kappa shape index (κ2) is 7.30. The molecule has 17 heavy (non-hydrogen) atoms. The summed E-state index contributed by atoms with van der Waals surface area (Å²) in [5.74, 6) is 0.922. The molecule has 2 unspecified atom stereocenters. The predicted molar refractivity (Wildman–Crippen MR) is 70.5 cm³/mol. The van der Waals surface area contributed by atoms with Gasteiger partial charge in [-0.05, 0) is 45.0 Å². The molecule has 0 aliphatic rings. The van der Waals surface area contributed by atoms with Crippen LogP contribution in [0.5, 0.6) is 5.75 Å². The van der Waals surface area contributed by atoms with Crippen LogP contribution in [0.15, 0.2) is 24.3 Å². The molecule has 0 fully saturated rings. The molecule has 0 saturated carbocycles. The number of ether oxygens (including phenoxy) is 2. The van der Waals surface area contributed by atoms with Gasteiger partial charge in [0.25, 0.3) is 0 Å². The van der Waals surface area contributed by atoms with Crippen LogP contribution in [0.2, 0.25) is 0 Å². The number of hydrogen-bond donors (Lipinski definition) is 1. The molecule has 0 aliphatic carbocycles. The van der Waals surface area contributed by atoms with Crippen molar-refractivity contribution in [2.75, 3.05) is 20.8 Å². The van der Waals surface area contributed by atoms with Gasteiger partial charge in [0.1, 0.15) is 5.75 Å². The van der Waals surface area contributed by atoms with E-state index in [-0.39, 0.29) is 6.10 Å². The topological polar surface area (TPSA) is 30.5 Å². The summed E-state index contributed by atoms with van der Waals surface area (Å²) < 4.78 is 10.7. The van der Waals surface area contributed by atoms with Crippen LogP contribution in [0.4, 0.5) is 0 Å². The van der Waals surface area contributed by atoms with Crippen LogP contribution in [-0.2, 0) is 4.74 Å². The maximum atomic E-state index is 5.43. The lowest BCUT2D eigenvalue weighted by molar-refractivity contribution is 0.101. The Morgan fingerprint density at radius 2 is 1.88 bits per heavy atom. The Morgan fingerprint density at radius 3 is 2.35 bits per heavy atom. The number of benzene rings is 1. The maximum Gasteiger partial charge on any atom is 0.119 e. The molecule has 0 aliphatic heterocycles. The minimum atomic E-state index is 0.249. The van der Waals surface area contributed by atoms with Crippen molar-refractivity contribution in [1.82, 2.24) is 5.32 Å². The average Bonchev–Trinajstić information content (AvgIpc) is 2.37. The molecule has 0 radical (unpaired) electrons. The van der Waals surface area contributed by atoms with Crippen molar-refractivity contribution in [3.8, 4) is 5.75 Å². The predicted octanol–water partition coefficient (Wildman–Crippen LogP) is 2.77. The molecule has 0 aromatic heterocycles. The smallest absolute Gasteiger partial charge is 0.119 e. The molecular formula is C14H23NO2. The van der Waals surface area contributed by atoms with Crippen LogP contribution in [0.1, 0.15) is 31.9 Å². The third kappa shape index (κ3) is 4.36. The summed E-state index contributed by atoms with van der Waals surface area (Å²) in [6.07, 6.45) is 1.21. The minimum Gasteiger partial charge on any atom is -0.494 e. The molecule has 0 bridgehead atoms. The molecule has 3 nitrogen and oxygen atoms in total. The van der Waals surface area contributed by atoms with Crippen molar-refractivity contribution in [1.29, 1.82) is 0 Å². The number of nitrogens with one attached hydrogen (secondary N) is 1. The van der Waals surface area contributed by atoms with Crippen molar-refractivity contribution in [2.24, 2.45) is 0 Å². The first-order valence-corrected chi connectivity index (χ1v) is 6.14. The Hall–Kier alpha value is -1.06. The second-order valence-electron chi connectivity index (χ2n) is 4.13. The van der Waals surface area contributed by atoms with E-state index in [9.17, 15) is 0 Å². The Balaban J connectivity index is 2.68. The Morgan fingerprint density at radius 1 is 1.24 bits per heavy atom. The van der Waals surface area contributed by atoms with Gasteiger partial charge in [-0.3, -0.25) is 0 Å². The normalized spacial score (nSPS) is 14.4. The van der Waals surface area contributed by atoms with Gasteiger partial charge in [0.2, 0.25) is 0 Å². The highest BCUT2D eigenvalue weighted by Crippen LogP contribution is 2.22. The van der Waals surface area contributed by atoms with Gasteiger partial charge in [0, 0.05) is 13.2 Å². The van der Waals surface area contributed by atoms with E-state index < -0.39 is 0 Å². The highest BCUT2D eigenvalue weighted by Gasteiger charge is 2.13. The van der Waals surface area contributed by atoms with E-state index in [0.717, 1.165) is 12.2 Å². The largest absolute Gasteiger partial charge is 0.494 e. The molecule has 0 spiro atoms. The van der Waals surface area contributed by atoms with Crippen LogP contribution in [0, 0.1) is 0 Å². The van der Waals surface area contributed by atoms with Crippen molar-refractivity contribution < 1.29 is 9.47 Å². The monoisotopic (exact) mass is 237 g/mol. The van der Waals surface area contributed by atoms with Gasteiger partial charge in [-0.2, -0.15) is 0 Å². The summed E-state index contributed by atoms with van der Waals surface area (Å²) in [4.78, 5) is 0. The fraction of sp³-hybridized carbons (Fsp3) is 0.571. The van der Waals surface area contributed by atoms with E-state index in [0.29, 0.717) is 12.6 Å². The molecular weight excluding hydrogens is 214 g/mol. The highest BCUT2D eigenvalue weighted by atomic mass is 16.5. The maximum absolute atomic E-state index is 5.43. The van der Waals surface area contributed by atoms with Gasteiger partial charge in [-0.25, -0.2) is 0 Å². The van der Waals surface area contributed by atoms with Crippen LogP contribution < -0.4 is 10.1 Å². The molecule has 1 aromatic carbocycles. The number of methoxy groups -OCH3 is 1. The highest BCUT2D eigenvalue weighted by molar-refractivity contribution is 5.29. The fourth-order valence-electron chi connectivity index (χ4n) is 1.81. The van der Waals surface area contributed by atoms with Gasteiger partial charge in [0.05, 0.1) is 12.7 Å². The standard InChI is InChI=1S/C14H23NO2/c1-5-17-13-8-6-12(7-9-13)14(15-3)10-11(2)16-4/h6-9,11,14-15H,5,10H2,1-4H3. The quantitative estimate of drug-likeness (QED) is 0.791. The zero-order valence-corrected chi connectivity index (χ0v) is 11.2. The van der Waals surface area contributed by atoms with Crippen LogP contribution in [-0.4, -0.2) is 26.9 Å². The van der Waals surface area contributed by atoms with E-state index >= 15 is 0 Å². The van der Waals surface area contributed by atoms with Gasteiger partial charge < -0.3 is 14.8 Å². The molecule has 1 N–H and O–H groups in total. The van der Waals surface area contributed by atoms with Crippen LogP contribution in [0.3, 0.4) is 0 Å². The van der Waals surface area contributed by atoms with E-state index in [1.165, 1.54) is 5.56 Å². The van der Waals surface area contributed by atoms with Crippen molar-refractivity contribution in [3.05, 3.63) is 29.8 Å². The first kappa shape index (κ1) is 14.0. The Bertz CT molecular complexity index is 311. The van der Waals surface area contributed by atoms with Gasteiger partial charge in [-0.15, -0.1) is 0 Å². The molecule has 2 atom stereocenters. The van der Waals surface area contributed by atoms with Crippen LogP contribution >= 0.6 is 0 Å². The zero-order valence-electron chi connectivity index (χ0n) is 11.2. The van der Waals surface area contributed by atoms with E-state index in [1.807, 2.05) is 26.1 Å². The Labute approximate surface area is 104 Å². The summed E-state index contributed by atoms with van der Waals surface area (Å²) in [5.41, 5.74) is 1.26. The van der Waals surface area contributed by atoms with Gasteiger partial charge in [0.15, 0.2) is 0 Å². The van der Waals surface area contributed by atoms with E-state index in [4.69, 9.17) is 9.47 Å². The van der Waals surface area contributed by atoms with Crippen molar-refractivity contribution >= 4 is 0 Å². The molecule has 96 valence electrons. The second-order valence-corrected chi connectivity index (χ2v) is 4.13. The molecule has 3 heteroatoms. The summed E-state index contributed by atoms with van der Waals surface area (Å²) in [6.45, 7) is 4.78. The van der Waals surface area contributed by atoms with Crippen LogP contribution in [0.25, 0.3) is 0 Å². The van der Waals surface area contributed by atoms with E-state index in [1.54, 1.807) is 7.11 Å². The Kier molecular flexibility index (Phi) is 6.01. The number of hydrogen-bond acceptors (Lipinski definition) is 3. The molecule has 1 aromatic rings. The lowest BCUT2D eigenvalue weighted by Gasteiger charge is -2.20. The summed E-state index contributed by atoms with van der Waals surface area (Å²) in [6, 6.07) is 8.56. The number of rotatable bonds is 7. The van der Waals surface area contributed by atoms with Crippen molar-refractivity contribution in [3.63, 3.8) is 0 Å². The molecule has 0 heterocycles. The van der Waals surface area contributed by atoms with Gasteiger partial charge in [-0.1, -0.05) is 12.1 Å². The molecule has 1 rings (SSSR count). The third-order valence-corrected chi connectivity index (χ3v) is 2.91. The SMILES string of the molecule is CCOc1ccc(C(CC(C)OC)NC)cc1. The lowest BCUT2D eigenvalue weighted by Crippen LogP contribution is -2.21. The first-order valence-electron chi connectivity index (χ1n) is 6.14. The first-order chi connectivity index (χ1) is 8.21. The fourth-order valence-corrected chi connectivity index (χ4v) is 1.81. The molecule has 0 amide bonds. The summed E-state index contributed by atoms with van der Waals surface area (Å²) >= 11 is 0. The minimum absolute atomic E-state index is 0.249. The van der Waals surface area contributed by atoms with Gasteiger partial charge >= 0.3 is 0 Å². The van der Waals surface area contributed by atoms with Crippen molar-refractivity contribution in [2.45, 2.75) is 32.4 Å². The van der Waals surface area contributed by atoms with E-state index in [2.05, 4.69) is 24.4 Å². The average molecular weight is 237 g/mol. The molecule has 0 saturated heterocycles. The zero-order chi connectivity index (χ0) is 12.7.